The lowest BCUT2D eigenvalue weighted by Gasteiger charge is -2.07. The fraction of sp³-hybridized carbons (Fsp3) is 0.286. The van der Waals surface area contributed by atoms with Gasteiger partial charge in [-0.1, -0.05) is 18.2 Å². The molecule has 4 heteroatoms. The topological polar surface area (TPSA) is 59.3 Å². The molecule has 1 rings (SSSR count). The van der Waals surface area contributed by atoms with Crippen LogP contribution in [0.15, 0.2) is 29.8 Å². The third kappa shape index (κ3) is 3.63. The van der Waals surface area contributed by atoms with Crippen LogP contribution >= 0.6 is 0 Å². The highest BCUT2D eigenvalue weighted by Crippen LogP contribution is 2.21. The second-order valence-electron chi connectivity index (χ2n) is 3.36. The number of nitrogens with zero attached hydrogens (tertiary/aromatic N) is 1. The first kappa shape index (κ1) is 13.8. The van der Waals surface area contributed by atoms with E-state index in [0.29, 0.717) is 17.9 Å². The number of nitriles is 1. The molecule has 0 N–H and O–H groups in total. The van der Waals surface area contributed by atoms with Gasteiger partial charge >= 0.3 is 5.97 Å². The van der Waals surface area contributed by atoms with E-state index in [1.165, 1.54) is 6.08 Å². The first-order valence-corrected chi connectivity index (χ1v) is 5.73. The fourth-order valence-corrected chi connectivity index (χ4v) is 1.39. The maximum atomic E-state index is 11.5. The summed E-state index contributed by atoms with van der Waals surface area (Å²) in [6.45, 7) is 4.33. The van der Waals surface area contributed by atoms with E-state index < -0.39 is 5.97 Å². The van der Waals surface area contributed by atoms with Gasteiger partial charge in [0.15, 0.2) is 0 Å². The SMILES string of the molecule is CCOC(=O)/C(C#N)=C\c1ccccc1OCC. The zero-order chi connectivity index (χ0) is 13.4. The highest BCUT2D eigenvalue weighted by molar-refractivity contribution is 5.98. The van der Waals surface area contributed by atoms with E-state index in [9.17, 15) is 4.79 Å². The van der Waals surface area contributed by atoms with Crippen LogP contribution in [0.3, 0.4) is 0 Å². The van der Waals surface area contributed by atoms with Gasteiger partial charge in [-0.3, -0.25) is 0 Å². The lowest BCUT2D eigenvalue weighted by molar-refractivity contribution is -0.137. The quantitative estimate of drug-likeness (QED) is 0.454. The van der Waals surface area contributed by atoms with Gasteiger partial charge in [-0.05, 0) is 26.0 Å². The first-order chi connectivity index (χ1) is 8.72. The summed E-state index contributed by atoms with van der Waals surface area (Å²) in [5.74, 6) is 0.0170. The number of hydrogen-bond acceptors (Lipinski definition) is 4. The molecule has 0 fully saturated rings. The van der Waals surface area contributed by atoms with Crippen LogP contribution in [-0.4, -0.2) is 19.2 Å². The Hall–Kier alpha value is -2.28. The highest BCUT2D eigenvalue weighted by Gasteiger charge is 2.11. The van der Waals surface area contributed by atoms with Gasteiger partial charge < -0.3 is 9.47 Å². The Bertz CT molecular complexity index is 486. The largest absolute Gasteiger partial charge is 0.493 e. The molecule has 0 heterocycles. The smallest absolute Gasteiger partial charge is 0.348 e. The van der Waals surface area contributed by atoms with E-state index in [2.05, 4.69) is 0 Å². The van der Waals surface area contributed by atoms with E-state index >= 15 is 0 Å². The van der Waals surface area contributed by atoms with Crippen LogP contribution in [0.4, 0.5) is 0 Å². The first-order valence-electron chi connectivity index (χ1n) is 5.73. The Kier molecular flexibility index (Phi) is 5.46. The van der Waals surface area contributed by atoms with E-state index in [4.69, 9.17) is 14.7 Å². The molecule has 0 unspecified atom stereocenters. The van der Waals surface area contributed by atoms with Crippen molar-refractivity contribution < 1.29 is 14.3 Å². The minimum Gasteiger partial charge on any atom is -0.493 e. The Morgan fingerprint density at radius 1 is 1.33 bits per heavy atom. The van der Waals surface area contributed by atoms with Crippen molar-refractivity contribution in [2.45, 2.75) is 13.8 Å². The summed E-state index contributed by atoms with van der Waals surface area (Å²) >= 11 is 0. The summed E-state index contributed by atoms with van der Waals surface area (Å²) in [5.41, 5.74) is 0.646. The van der Waals surface area contributed by atoms with Crippen LogP contribution in [-0.2, 0) is 9.53 Å². The molecule has 94 valence electrons. The third-order valence-electron chi connectivity index (χ3n) is 2.13. The summed E-state index contributed by atoms with van der Waals surface area (Å²) in [4.78, 5) is 11.5. The zero-order valence-electron chi connectivity index (χ0n) is 10.5. The summed E-state index contributed by atoms with van der Waals surface area (Å²) in [6.07, 6.45) is 1.48. The van der Waals surface area contributed by atoms with Crippen molar-refractivity contribution in [3.05, 3.63) is 35.4 Å². The third-order valence-corrected chi connectivity index (χ3v) is 2.13. The standard InChI is InChI=1S/C14H15NO3/c1-3-17-13-8-6-5-7-11(13)9-12(10-15)14(16)18-4-2/h5-9H,3-4H2,1-2H3/b12-9-. The molecule has 0 spiro atoms. The average Bonchev–Trinajstić information content (AvgIpc) is 2.38. The van der Waals surface area contributed by atoms with Crippen LogP contribution in [0.5, 0.6) is 5.75 Å². The van der Waals surface area contributed by atoms with E-state index in [0.717, 1.165) is 0 Å². The monoisotopic (exact) mass is 245 g/mol. The van der Waals surface area contributed by atoms with Crippen molar-refractivity contribution in [3.8, 4) is 11.8 Å². The molecule has 0 saturated heterocycles. The minimum atomic E-state index is -0.619. The van der Waals surface area contributed by atoms with E-state index in [1.54, 1.807) is 19.1 Å². The Labute approximate surface area is 106 Å². The number of para-hydroxylation sites is 1. The minimum absolute atomic E-state index is 0.0380. The average molecular weight is 245 g/mol. The lowest BCUT2D eigenvalue weighted by Crippen LogP contribution is -2.06. The normalized spacial score (nSPS) is 10.6. The predicted octanol–water partition coefficient (Wildman–Crippen LogP) is 2.56. The number of ether oxygens (including phenoxy) is 2. The van der Waals surface area contributed by atoms with Crippen molar-refractivity contribution in [1.82, 2.24) is 0 Å². The molecule has 1 aromatic rings. The van der Waals surface area contributed by atoms with Gasteiger partial charge in [0.1, 0.15) is 17.4 Å². The molecule has 0 radical (unpaired) electrons. The molecule has 0 amide bonds. The molecule has 0 atom stereocenters. The van der Waals surface area contributed by atoms with Gasteiger partial charge in [0.2, 0.25) is 0 Å². The van der Waals surface area contributed by atoms with Gasteiger partial charge in [0.05, 0.1) is 13.2 Å². The van der Waals surface area contributed by atoms with Crippen molar-refractivity contribution in [1.29, 1.82) is 5.26 Å². The van der Waals surface area contributed by atoms with Crippen LogP contribution < -0.4 is 4.74 Å². The number of carbonyl (C=O) groups is 1. The second-order valence-corrected chi connectivity index (χ2v) is 3.36. The molecule has 0 saturated carbocycles. The Morgan fingerprint density at radius 2 is 2.06 bits per heavy atom. The van der Waals surface area contributed by atoms with Crippen LogP contribution in [0, 0.1) is 11.3 Å². The molecule has 0 aliphatic rings. The molecule has 0 bridgehead atoms. The van der Waals surface area contributed by atoms with Gasteiger partial charge in [0, 0.05) is 5.56 Å². The fourth-order valence-electron chi connectivity index (χ4n) is 1.39. The molecule has 0 aromatic heterocycles. The van der Waals surface area contributed by atoms with Gasteiger partial charge in [-0.25, -0.2) is 4.79 Å². The van der Waals surface area contributed by atoms with E-state index in [-0.39, 0.29) is 12.2 Å². The molecule has 0 aliphatic heterocycles. The summed E-state index contributed by atoms with van der Waals surface area (Å²) in [5, 5.41) is 8.95. The zero-order valence-corrected chi connectivity index (χ0v) is 10.5. The molecule has 1 aromatic carbocycles. The molecule has 4 nitrogen and oxygen atoms in total. The highest BCUT2D eigenvalue weighted by atomic mass is 16.5. The molecular weight excluding hydrogens is 230 g/mol. The second kappa shape index (κ2) is 7.13. The van der Waals surface area contributed by atoms with Gasteiger partial charge in [0.25, 0.3) is 0 Å². The van der Waals surface area contributed by atoms with Crippen molar-refractivity contribution in [3.63, 3.8) is 0 Å². The number of rotatable bonds is 5. The predicted molar refractivity (Wildman–Crippen MR) is 67.8 cm³/mol. The molecule has 18 heavy (non-hydrogen) atoms. The maximum Gasteiger partial charge on any atom is 0.348 e. The van der Waals surface area contributed by atoms with E-state index in [1.807, 2.05) is 25.1 Å². The summed E-state index contributed by atoms with van der Waals surface area (Å²) < 4.78 is 10.2. The number of benzene rings is 1. The Morgan fingerprint density at radius 3 is 2.67 bits per heavy atom. The van der Waals surface area contributed by atoms with Crippen molar-refractivity contribution >= 4 is 12.0 Å². The van der Waals surface area contributed by atoms with Crippen molar-refractivity contribution in [2.24, 2.45) is 0 Å². The number of carbonyl (C=O) groups excluding carboxylic acids is 1. The summed E-state index contributed by atoms with van der Waals surface area (Å²) in [7, 11) is 0. The lowest BCUT2D eigenvalue weighted by atomic mass is 10.1. The van der Waals surface area contributed by atoms with Crippen molar-refractivity contribution in [2.75, 3.05) is 13.2 Å². The maximum absolute atomic E-state index is 11.5. The van der Waals surface area contributed by atoms with Crippen LogP contribution in [0.25, 0.3) is 6.08 Å². The number of esters is 1. The Balaban J connectivity index is 3.06. The molecular formula is C14H15NO3. The van der Waals surface area contributed by atoms with Gasteiger partial charge in [-0.2, -0.15) is 5.26 Å². The molecule has 0 aliphatic carbocycles. The number of hydrogen-bond donors (Lipinski definition) is 0. The van der Waals surface area contributed by atoms with Gasteiger partial charge in [-0.15, -0.1) is 0 Å². The summed E-state index contributed by atoms with van der Waals surface area (Å²) in [6, 6.07) is 9.05. The van der Waals surface area contributed by atoms with Crippen LogP contribution in [0.2, 0.25) is 0 Å². The van der Waals surface area contributed by atoms with Crippen LogP contribution in [0.1, 0.15) is 19.4 Å².